The minimum atomic E-state index is -0.541. The van der Waals surface area contributed by atoms with Gasteiger partial charge in [0.2, 0.25) is 0 Å². The van der Waals surface area contributed by atoms with Crippen LogP contribution in [0.5, 0.6) is 0 Å². The van der Waals surface area contributed by atoms with Crippen LogP contribution in [0.3, 0.4) is 0 Å². The summed E-state index contributed by atoms with van der Waals surface area (Å²) in [6.07, 6.45) is 1.71. The van der Waals surface area contributed by atoms with Gasteiger partial charge in [0.15, 0.2) is 0 Å². The fourth-order valence-electron chi connectivity index (χ4n) is 2.28. The molecule has 5 nitrogen and oxygen atoms in total. The van der Waals surface area contributed by atoms with Crippen molar-refractivity contribution in [3.8, 4) is 11.4 Å². The van der Waals surface area contributed by atoms with Crippen molar-refractivity contribution < 1.29 is 9.18 Å². The summed E-state index contributed by atoms with van der Waals surface area (Å²) in [6.45, 7) is 0.216. The third-order valence-corrected chi connectivity index (χ3v) is 3.41. The van der Waals surface area contributed by atoms with E-state index in [1.165, 1.54) is 12.1 Å². The predicted molar refractivity (Wildman–Crippen MR) is 84.0 cm³/mol. The minimum absolute atomic E-state index is 0.0216. The van der Waals surface area contributed by atoms with Crippen LogP contribution in [0.2, 0.25) is 0 Å². The Kier molecular flexibility index (Phi) is 4.14. The molecule has 0 radical (unpaired) electrons. The Bertz CT molecular complexity index is 830. The van der Waals surface area contributed by atoms with E-state index in [4.69, 9.17) is 0 Å². The lowest BCUT2D eigenvalue weighted by molar-refractivity contribution is 0.0946. The summed E-state index contributed by atoms with van der Waals surface area (Å²) in [5.41, 5.74) is 2.35. The van der Waals surface area contributed by atoms with Gasteiger partial charge in [-0.15, -0.1) is 0 Å². The molecule has 0 saturated carbocycles. The second-order valence-electron chi connectivity index (χ2n) is 5.02. The molecule has 0 aliphatic carbocycles. The number of hydrogen-bond donors (Lipinski definition) is 1. The van der Waals surface area contributed by atoms with E-state index in [0.717, 1.165) is 11.4 Å². The second kappa shape index (κ2) is 6.39. The summed E-state index contributed by atoms with van der Waals surface area (Å²) in [5.74, 6) is -1.01. The van der Waals surface area contributed by atoms with Crippen LogP contribution in [0.15, 0.2) is 54.7 Å². The number of aryl methyl sites for hydroxylation is 1. The van der Waals surface area contributed by atoms with Crippen LogP contribution < -0.4 is 5.32 Å². The van der Waals surface area contributed by atoms with Gasteiger partial charge in [0.05, 0.1) is 29.2 Å². The summed E-state index contributed by atoms with van der Waals surface area (Å²) in [5, 5.41) is 7.02. The normalized spacial score (nSPS) is 10.5. The molecule has 1 N–H and O–H groups in total. The zero-order valence-electron chi connectivity index (χ0n) is 12.5. The maximum atomic E-state index is 13.6. The number of aromatic nitrogens is 3. The van der Waals surface area contributed by atoms with Crippen molar-refractivity contribution in [2.45, 2.75) is 6.54 Å². The van der Waals surface area contributed by atoms with Gasteiger partial charge in [-0.1, -0.05) is 18.2 Å². The number of rotatable bonds is 4. The molecule has 0 fully saturated rings. The quantitative estimate of drug-likeness (QED) is 0.805. The third kappa shape index (κ3) is 3.26. The van der Waals surface area contributed by atoms with Gasteiger partial charge in [0.25, 0.3) is 5.91 Å². The SMILES string of the molecule is Cn1nc(CNC(=O)c2ccccc2F)cc1-c1ccccn1. The molecular weight excluding hydrogens is 295 g/mol. The molecule has 0 saturated heterocycles. The highest BCUT2D eigenvalue weighted by Gasteiger charge is 2.12. The van der Waals surface area contributed by atoms with E-state index < -0.39 is 11.7 Å². The molecule has 3 aromatic rings. The Balaban J connectivity index is 1.72. The highest BCUT2D eigenvalue weighted by Crippen LogP contribution is 2.17. The summed E-state index contributed by atoms with van der Waals surface area (Å²) in [7, 11) is 1.81. The third-order valence-electron chi connectivity index (χ3n) is 3.41. The van der Waals surface area contributed by atoms with Gasteiger partial charge < -0.3 is 5.32 Å². The molecule has 23 heavy (non-hydrogen) atoms. The molecule has 116 valence electrons. The fraction of sp³-hybridized carbons (Fsp3) is 0.118. The number of halogens is 1. The number of pyridine rings is 1. The van der Waals surface area contributed by atoms with Crippen LogP contribution in [-0.4, -0.2) is 20.7 Å². The van der Waals surface area contributed by atoms with Crippen molar-refractivity contribution in [1.29, 1.82) is 0 Å². The molecule has 0 bridgehead atoms. The first-order valence-corrected chi connectivity index (χ1v) is 7.12. The zero-order valence-corrected chi connectivity index (χ0v) is 12.5. The molecule has 1 amide bonds. The number of nitrogens with zero attached hydrogens (tertiary/aromatic N) is 3. The molecule has 2 aromatic heterocycles. The van der Waals surface area contributed by atoms with Gasteiger partial charge in [-0.05, 0) is 30.3 Å². The van der Waals surface area contributed by atoms with E-state index in [1.54, 1.807) is 23.0 Å². The lowest BCUT2D eigenvalue weighted by Crippen LogP contribution is -2.24. The van der Waals surface area contributed by atoms with Gasteiger partial charge in [-0.3, -0.25) is 14.5 Å². The fourth-order valence-corrected chi connectivity index (χ4v) is 2.28. The summed E-state index contributed by atoms with van der Waals surface area (Å²) in [6, 6.07) is 13.4. The first kappa shape index (κ1) is 14.9. The Morgan fingerprint density at radius 1 is 1.22 bits per heavy atom. The molecule has 6 heteroatoms. The number of amides is 1. The van der Waals surface area contributed by atoms with Gasteiger partial charge in [-0.25, -0.2) is 4.39 Å². The second-order valence-corrected chi connectivity index (χ2v) is 5.02. The highest BCUT2D eigenvalue weighted by molar-refractivity contribution is 5.94. The molecule has 0 spiro atoms. The van der Waals surface area contributed by atoms with E-state index in [9.17, 15) is 9.18 Å². The van der Waals surface area contributed by atoms with E-state index in [1.807, 2.05) is 31.3 Å². The summed E-state index contributed by atoms with van der Waals surface area (Å²) >= 11 is 0. The van der Waals surface area contributed by atoms with Crippen molar-refractivity contribution in [1.82, 2.24) is 20.1 Å². The van der Waals surface area contributed by atoms with Crippen LogP contribution in [0.25, 0.3) is 11.4 Å². The average molecular weight is 310 g/mol. The maximum absolute atomic E-state index is 13.6. The first-order valence-electron chi connectivity index (χ1n) is 7.12. The molecular formula is C17H15FN4O. The Labute approximate surface area is 132 Å². The number of nitrogens with one attached hydrogen (secondary N) is 1. The molecule has 0 aliphatic rings. The zero-order chi connectivity index (χ0) is 16.2. The smallest absolute Gasteiger partial charge is 0.254 e. The molecule has 0 unspecified atom stereocenters. The monoisotopic (exact) mass is 310 g/mol. The molecule has 3 rings (SSSR count). The summed E-state index contributed by atoms with van der Waals surface area (Å²) in [4.78, 5) is 16.3. The average Bonchev–Trinajstić information content (AvgIpc) is 2.95. The minimum Gasteiger partial charge on any atom is -0.346 e. The number of hydrogen-bond acceptors (Lipinski definition) is 3. The number of carbonyl (C=O) groups is 1. The molecule has 2 heterocycles. The van der Waals surface area contributed by atoms with Gasteiger partial charge in [0, 0.05) is 13.2 Å². The summed E-state index contributed by atoms with van der Waals surface area (Å²) < 4.78 is 15.3. The largest absolute Gasteiger partial charge is 0.346 e. The first-order chi connectivity index (χ1) is 11.1. The van der Waals surface area contributed by atoms with E-state index >= 15 is 0 Å². The number of carbonyl (C=O) groups excluding carboxylic acids is 1. The van der Waals surface area contributed by atoms with E-state index in [0.29, 0.717) is 5.69 Å². The van der Waals surface area contributed by atoms with Crippen LogP contribution in [0.4, 0.5) is 4.39 Å². The van der Waals surface area contributed by atoms with E-state index in [2.05, 4.69) is 15.4 Å². The topological polar surface area (TPSA) is 59.8 Å². The van der Waals surface area contributed by atoms with Crippen molar-refractivity contribution in [2.24, 2.45) is 7.05 Å². The molecule has 0 aliphatic heterocycles. The van der Waals surface area contributed by atoms with Crippen molar-refractivity contribution >= 4 is 5.91 Å². The lowest BCUT2D eigenvalue weighted by Gasteiger charge is -2.03. The van der Waals surface area contributed by atoms with Crippen molar-refractivity contribution in [3.05, 3.63) is 71.8 Å². The standard InChI is InChI=1S/C17H15FN4O/c1-22-16(15-8-4-5-9-19-15)10-12(21-22)11-20-17(23)13-6-2-3-7-14(13)18/h2-10H,11H2,1H3,(H,20,23). The lowest BCUT2D eigenvalue weighted by atomic mass is 10.2. The maximum Gasteiger partial charge on any atom is 0.254 e. The number of benzene rings is 1. The van der Waals surface area contributed by atoms with Crippen LogP contribution in [0.1, 0.15) is 16.1 Å². The van der Waals surface area contributed by atoms with Crippen LogP contribution >= 0.6 is 0 Å². The molecule has 1 aromatic carbocycles. The van der Waals surface area contributed by atoms with Gasteiger partial charge >= 0.3 is 0 Å². The van der Waals surface area contributed by atoms with Crippen LogP contribution in [-0.2, 0) is 13.6 Å². The Morgan fingerprint density at radius 2 is 2.00 bits per heavy atom. The predicted octanol–water partition coefficient (Wildman–Crippen LogP) is 2.55. The highest BCUT2D eigenvalue weighted by atomic mass is 19.1. The molecule has 0 atom stereocenters. The Hall–Kier alpha value is -3.02. The van der Waals surface area contributed by atoms with E-state index in [-0.39, 0.29) is 12.1 Å². The van der Waals surface area contributed by atoms with Gasteiger partial charge in [0.1, 0.15) is 5.82 Å². The Morgan fingerprint density at radius 3 is 2.74 bits per heavy atom. The van der Waals surface area contributed by atoms with Crippen molar-refractivity contribution in [3.63, 3.8) is 0 Å². The van der Waals surface area contributed by atoms with Crippen LogP contribution in [0, 0.1) is 5.82 Å². The van der Waals surface area contributed by atoms with Crippen molar-refractivity contribution in [2.75, 3.05) is 0 Å². The van der Waals surface area contributed by atoms with Gasteiger partial charge in [-0.2, -0.15) is 5.10 Å².